The Hall–Kier alpha value is -2.41. The molecule has 110 valence electrons. The van der Waals surface area contributed by atoms with E-state index in [0.29, 0.717) is 16.4 Å². The van der Waals surface area contributed by atoms with E-state index in [2.05, 4.69) is 9.69 Å². The summed E-state index contributed by atoms with van der Waals surface area (Å²) >= 11 is 0.989. The van der Waals surface area contributed by atoms with Gasteiger partial charge < -0.3 is 10.4 Å². The molecule has 0 aliphatic carbocycles. The number of benzene rings is 1. The molecule has 2 rings (SSSR count). The van der Waals surface area contributed by atoms with Crippen molar-refractivity contribution in [3.63, 3.8) is 0 Å². The van der Waals surface area contributed by atoms with Gasteiger partial charge >= 0.3 is 12.0 Å². The number of rotatable bonds is 3. The summed E-state index contributed by atoms with van der Waals surface area (Å²) in [5.74, 6) is -1.09. The van der Waals surface area contributed by atoms with Crippen molar-refractivity contribution in [2.75, 3.05) is 17.3 Å². The van der Waals surface area contributed by atoms with Crippen LogP contribution in [0.1, 0.15) is 21.6 Å². The molecule has 0 saturated heterocycles. The molecule has 2 N–H and O–H groups in total. The smallest absolute Gasteiger partial charge is 0.340 e. The van der Waals surface area contributed by atoms with E-state index in [1.165, 1.54) is 11.9 Å². The van der Waals surface area contributed by atoms with Crippen molar-refractivity contribution in [3.05, 3.63) is 41.1 Å². The van der Waals surface area contributed by atoms with Crippen LogP contribution in [0.2, 0.25) is 0 Å². The number of carboxylic acids is 1. The van der Waals surface area contributed by atoms with Crippen molar-refractivity contribution in [2.24, 2.45) is 0 Å². The zero-order chi connectivity index (χ0) is 15.6. The number of carbonyl (C=O) groups excluding carboxylic acids is 1. The molecule has 1 heterocycles. The normalized spacial score (nSPS) is 10.2. The SMILES string of the molecule is Cc1cccc(NC(=O)N(C)c2snc(C)c2C(=O)O)c1. The summed E-state index contributed by atoms with van der Waals surface area (Å²) in [6.07, 6.45) is 0. The Bertz CT molecular complexity index is 697. The van der Waals surface area contributed by atoms with E-state index in [4.69, 9.17) is 0 Å². The fourth-order valence-corrected chi connectivity index (χ4v) is 2.70. The minimum absolute atomic E-state index is 0.0573. The molecule has 2 aromatic rings. The number of nitrogens with one attached hydrogen (secondary N) is 1. The number of carboxylic acid groups (broad SMARTS) is 1. The van der Waals surface area contributed by atoms with Crippen LogP contribution in [0.3, 0.4) is 0 Å². The number of hydrogen-bond donors (Lipinski definition) is 2. The molecule has 6 nitrogen and oxygen atoms in total. The van der Waals surface area contributed by atoms with Gasteiger partial charge in [-0.25, -0.2) is 9.59 Å². The molecule has 0 fully saturated rings. The molecule has 0 aliphatic rings. The third-order valence-electron chi connectivity index (χ3n) is 2.94. The number of aryl methyl sites for hydroxylation is 2. The lowest BCUT2D eigenvalue weighted by molar-refractivity contribution is 0.0697. The first-order valence-corrected chi connectivity index (χ1v) is 6.98. The highest BCUT2D eigenvalue weighted by Crippen LogP contribution is 2.28. The number of aromatic nitrogens is 1. The molecule has 0 unspecified atom stereocenters. The molecule has 2 amide bonds. The lowest BCUT2D eigenvalue weighted by Crippen LogP contribution is -2.31. The second kappa shape index (κ2) is 5.92. The van der Waals surface area contributed by atoms with E-state index >= 15 is 0 Å². The average molecular weight is 305 g/mol. The number of aromatic carboxylic acids is 1. The Balaban J connectivity index is 2.22. The summed E-state index contributed by atoms with van der Waals surface area (Å²) in [6.45, 7) is 3.53. The molecule has 0 bridgehead atoms. The highest BCUT2D eigenvalue weighted by molar-refractivity contribution is 7.11. The van der Waals surface area contributed by atoms with Crippen LogP contribution in [0, 0.1) is 13.8 Å². The minimum Gasteiger partial charge on any atom is -0.478 e. The van der Waals surface area contributed by atoms with Crippen LogP contribution >= 0.6 is 11.5 Å². The van der Waals surface area contributed by atoms with Gasteiger partial charge in [-0.1, -0.05) is 12.1 Å². The minimum atomic E-state index is -1.09. The first-order valence-electron chi connectivity index (χ1n) is 6.21. The molecule has 21 heavy (non-hydrogen) atoms. The molecule has 0 atom stereocenters. The van der Waals surface area contributed by atoms with E-state index < -0.39 is 12.0 Å². The zero-order valence-electron chi connectivity index (χ0n) is 11.9. The predicted molar refractivity (Wildman–Crippen MR) is 82.4 cm³/mol. The highest BCUT2D eigenvalue weighted by atomic mass is 32.1. The van der Waals surface area contributed by atoms with Crippen LogP contribution in [-0.4, -0.2) is 28.5 Å². The molecule has 0 saturated carbocycles. The van der Waals surface area contributed by atoms with Crippen molar-refractivity contribution in [3.8, 4) is 0 Å². The maximum Gasteiger partial charge on any atom is 0.340 e. The molecule has 7 heteroatoms. The average Bonchev–Trinajstić information content (AvgIpc) is 2.79. The summed E-state index contributed by atoms with van der Waals surface area (Å²) < 4.78 is 4.00. The number of nitrogens with zero attached hydrogens (tertiary/aromatic N) is 2. The molecular formula is C14H15N3O3S. The number of hydrogen-bond acceptors (Lipinski definition) is 4. The maximum absolute atomic E-state index is 12.2. The van der Waals surface area contributed by atoms with Crippen LogP contribution in [-0.2, 0) is 0 Å². The van der Waals surface area contributed by atoms with Gasteiger partial charge in [-0.3, -0.25) is 4.90 Å². The van der Waals surface area contributed by atoms with Crippen molar-refractivity contribution in [2.45, 2.75) is 13.8 Å². The summed E-state index contributed by atoms with van der Waals surface area (Å²) in [5, 5.41) is 12.2. The monoisotopic (exact) mass is 305 g/mol. The van der Waals surface area contributed by atoms with Crippen LogP contribution < -0.4 is 10.2 Å². The van der Waals surface area contributed by atoms with Gasteiger partial charge in [0.05, 0.1) is 5.69 Å². The first-order chi connectivity index (χ1) is 9.90. The zero-order valence-corrected chi connectivity index (χ0v) is 12.7. The van der Waals surface area contributed by atoms with E-state index in [1.54, 1.807) is 13.0 Å². The summed E-state index contributed by atoms with van der Waals surface area (Å²) in [5.41, 5.74) is 2.14. The van der Waals surface area contributed by atoms with Crippen molar-refractivity contribution in [1.29, 1.82) is 0 Å². The van der Waals surface area contributed by atoms with E-state index in [9.17, 15) is 14.7 Å². The molecule has 1 aromatic carbocycles. The van der Waals surface area contributed by atoms with E-state index in [-0.39, 0.29) is 5.56 Å². The lowest BCUT2D eigenvalue weighted by Gasteiger charge is -2.17. The molecule has 0 spiro atoms. The van der Waals surface area contributed by atoms with Gasteiger partial charge in [0, 0.05) is 12.7 Å². The molecule has 0 aliphatic heterocycles. The third kappa shape index (κ3) is 3.19. The van der Waals surface area contributed by atoms with Crippen LogP contribution in [0.4, 0.5) is 15.5 Å². The largest absolute Gasteiger partial charge is 0.478 e. The van der Waals surface area contributed by atoms with E-state index in [1.807, 2.05) is 25.1 Å². The van der Waals surface area contributed by atoms with Gasteiger partial charge in [0.25, 0.3) is 0 Å². The number of amides is 2. The Labute approximate surface area is 126 Å². The lowest BCUT2D eigenvalue weighted by atomic mass is 10.2. The molecule has 1 aromatic heterocycles. The Morgan fingerprint density at radius 3 is 2.67 bits per heavy atom. The predicted octanol–water partition coefficient (Wildman–Crippen LogP) is 3.13. The number of carbonyl (C=O) groups is 2. The second-order valence-electron chi connectivity index (χ2n) is 4.61. The van der Waals surface area contributed by atoms with E-state index in [0.717, 1.165) is 17.1 Å². The van der Waals surface area contributed by atoms with Crippen LogP contribution in [0.25, 0.3) is 0 Å². The van der Waals surface area contributed by atoms with Crippen LogP contribution in [0.5, 0.6) is 0 Å². The van der Waals surface area contributed by atoms with Crippen molar-refractivity contribution < 1.29 is 14.7 Å². The standard InChI is InChI=1S/C14H15N3O3S/c1-8-5-4-6-10(7-8)15-14(20)17(3)12-11(13(18)19)9(2)16-21-12/h4-7H,1-3H3,(H,15,20)(H,18,19). The highest BCUT2D eigenvalue weighted by Gasteiger charge is 2.23. The Morgan fingerprint density at radius 2 is 2.05 bits per heavy atom. The van der Waals surface area contributed by atoms with Crippen molar-refractivity contribution >= 4 is 34.2 Å². The summed E-state index contributed by atoms with van der Waals surface area (Å²) in [4.78, 5) is 24.7. The van der Waals surface area contributed by atoms with Crippen molar-refractivity contribution in [1.82, 2.24) is 4.37 Å². The van der Waals surface area contributed by atoms with Crippen LogP contribution in [0.15, 0.2) is 24.3 Å². The fourth-order valence-electron chi connectivity index (χ4n) is 1.86. The quantitative estimate of drug-likeness (QED) is 0.912. The first kappa shape index (κ1) is 15.0. The summed E-state index contributed by atoms with van der Waals surface area (Å²) in [6, 6.07) is 6.96. The topological polar surface area (TPSA) is 82.5 Å². The summed E-state index contributed by atoms with van der Waals surface area (Å²) in [7, 11) is 1.52. The number of urea groups is 1. The Morgan fingerprint density at radius 1 is 1.33 bits per heavy atom. The third-order valence-corrected chi connectivity index (χ3v) is 3.95. The fraction of sp³-hybridized carbons (Fsp3) is 0.214. The number of anilines is 2. The van der Waals surface area contributed by atoms with Gasteiger partial charge in [0.1, 0.15) is 10.6 Å². The second-order valence-corrected chi connectivity index (χ2v) is 5.36. The van der Waals surface area contributed by atoms with Gasteiger partial charge in [-0.2, -0.15) is 4.37 Å². The molecule has 0 radical (unpaired) electrons. The van der Waals surface area contributed by atoms with Gasteiger partial charge in [0.15, 0.2) is 0 Å². The van der Waals surface area contributed by atoms with Gasteiger partial charge in [-0.15, -0.1) is 0 Å². The van der Waals surface area contributed by atoms with Gasteiger partial charge in [-0.05, 0) is 43.1 Å². The van der Waals surface area contributed by atoms with Gasteiger partial charge in [0.2, 0.25) is 0 Å². The molecular weight excluding hydrogens is 290 g/mol. The maximum atomic E-state index is 12.2. The Kier molecular flexibility index (Phi) is 4.23.